The van der Waals surface area contributed by atoms with Gasteiger partial charge in [0, 0.05) is 0 Å². The zero-order valence-corrected chi connectivity index (χ0v) is 7.42. The van der Waals surface area contributed by atoms with E-state index in [-0.39, 0.29) is 0 Å². The van der Waals surface area contributed by atoms with E-state index in [1.54, 1.807) is 0 Å². The first-order valence-electron chi connectivity index (χ1n) is 4.30. The number of unbranched alkanes of at least 4 members (excludes halogenated alkanes) is 3. The van der Waals surface area contributed by atoms with Crippen molar-refractivity contribution in [1.82, 2.24) is 0 Å². The van der Waals surface area contributed by atoms with Crippen LogP contribution in [0.15, 0.2) is 37.0 Å². The molecule has 0 atom stereocenters. The van der Waals surface area contributed by atoms with Crippen LogP contribution in [0.25, 0.3) is 0 Å². The fourth-order valence-electron chi connectivity index (χ4n) is 0.837. The first-order valence-corrected chi connectivity index (χ1v) is 4.30. The molecule has 0 aliphatic rings. The zero-order chi connectivity index (χ0) is 8.36. The Labute approximate surface area is 70.3 Å². The first kappa shape index (κ1) is 10.2. The van der Waals surface area contributed by atoms with Crippen molar-refractivity contribution >= 4 is 0 Å². The molecule has 0 aromatic rings. The molecule has 0 fully saturated rings. The molecular weight excluding hydrogens is 132 g/mol. The molecule has 0 nitrogen and oxygen atoms in total. The van der Waals surface area contributed by atoms with Crippen LogP contribution >= 0.6 is 0 Å². The molecule has 0 aliphatic carbocycles. The maximum Gasteiger partial charge on any atom is -0.0347 e. The van der Waals surface area contributed by atoms with Crippen molar-refractivity contribution in [3.05, 3.63) is 37.0 Å². The fraction of sp³-hybridized carbons (Fsp3) is 0.455. The van der Waals surface area contributed by atoms with Gasteiger partial charge in [0.1, 0.15) is 0 Å². The molecular formula is C11H18. The Bertz CT molecular complexity index is 129. The molecule has 0 rings (SSSR count). The molecule has 0 spiro atoms. The third kappa shape index (κ3) is 9.22. The summed E-state index contributed by atoms with van der Waals surface area (Å²) < 4.78 is 0. The molecule has 0 unspecified atom stereocenters. The van der Waals surface area contributed by atoms with Crippen molar-refractivity contribution in [3.8, 4) is 0 Å². The molecule has 0 bridgehead atoms. The molecule has 62 valence electrons. The summed E-state index contributed by atoms with van der Waals surface area (Å²) in [7, 11) is 0. The fourth-order valence-corrected chi connectivity index (χ4v) is 0.837. The van der Waals surface area contributed by atoms with Crippen molar-refractivity contribution in [2.45, 2.75) is 32.6 Å². The van der Waals surface area contributed by atoms with Crippen molar-refractivity contribution < 1.29 is 0 Å². The SMILES string of the molecule is C=CCCCC/C=C/C=C/C. The van der Waals surface area contributed by atoms with Crippen LogP contribution < -0.4 is 0 Å². The molecule has 0 N–H and O–H groups in total. The quantitative estimate of drug-likeness (QED) is 0.306. The molecule has 0 heterocycles. The van der Waals surface area contributed by atoms with Crippen LogP contribution in [0.5, 0.6) is 0 Å². The minimum Gasteiger partial charge on any atom is -0.103 e. The Hall–Kier alpha value is -0.780. The van der Waals surface area contributed by atoms with Crippen molar-refractivity contribution in [2.24, 2.45) is 0 Å². The smallest absolute Gasteiger partial charge is 0.0347 e. The van der Waals surface area contributed by atoms with E-state index in [0.717, 1.165) is 6.42 Å². The van der Waals surface area contributed by atoms with Gasteiger partial charge in [-0.2, -0.15) is 0 Å². The zero-order valence-electron chi connectivity index (χ0n) is 7.42. The predicted octanol–water partition coefficient (Wildman–Crippen LogP) is 3.87. The lowest BCUT2D eigenvalue weighted by Gasteiger charge is -1.90. The summed E-state index contributed by atoms with van der Waals surface area (Å²) >= 11 is 0. The van der Waals surface area contributed by atoms with Crippen molar-refractivity contribution in [2.75, 3.05) is 0 Å². The van der Waals surface area contributed by atoms with Gasteiger partial charge >= 0.3 is 0 Å². The Morgan fingerprint density at radius 1 is 1.09 bits per heavy atom. The van der Waals surface area contributed by atoms with Gasteiger partial charge in [0.05, 0.1) is 0 Å². The van der Waals surface area contributed by atoms with Crippen molar-refractivity contribution in [3.63, 3.8) is 0 Å². The van der Waals surface area contributed by atoms with Crippen LogP contribution in [0.4, 0.5) is 0 Å². The summed E-state index contributed by atoms with van der Waals surface area (Å²) in [5, 5.41) is 0. The van der Waals surface area contributed by atoms with Crippen LogP contribution in [0.1, 0.15) is 32.6 Å². The summed E-state index contributed by atoms with van der Waals surface area (Å²) in [5.41, 5.74) is 0. The highest BCUT2D eigenvalue weighted by atomic mass is 13.9. The van der Waals surface area contributed by atoms with E-state index in [0.29, 0.717) is 0 Å². The molecule has 0 aromatic carbocycles. The highest BCUT2D eigenvalue weighted by molar-refractivity contribution is 5.00. The minimum atomic E-state index is 1.15. The van der Waals surface area contributed by atoms with E-state index in [1.807, 2.05) is 19.1 Å². The predicted molar refractivity (Wildman–Crippen MR) is 52.6 cm³/mol. The maximum absolute atomic E-state index is 3.68. The van der Waals surface area contributed by atoms with E-state index in [9.17, 15) is 0 Å². The average molecular weight is 150 g/mol. The molecule has 0 aliphatic heterocycles. The van der Waals surface area contributed by atoms with Gasteiger partial charge in [0.15, 0.2) is 0 Å². The monoisotopic (exact) mass is 150 g/mol. The summed E-state index contributed by atoms with van der Waals surface area (Å²) in [6, 6.07) is 0. The second kappa shape index (κ2) is 9.22. The summed E-state index contributed by atoms with van der Waals surface area (Å²) in [5.74, 6) is 0. The maximum atomic E-state index is 3.68. The lowest BCUT2D eigenvalue weighted by Crippen LogP contribution is -1.70. The lowest BCUT2D eigenvalue weighted by molar-refractivity contribution is 0.763. The van der Waals surface area contributed by atoms with E-state index in [2.05, 4.69) is 24.8 Å². The standard InChI is InChI=1S/C11H18/c1-3-5-7-9-11-10-8-6-4-2/h3-4,6,8,10H,1,5,7,9,11H2,2H3/b6-4+,10-8+. The van der Waals surface area contributed by atoms with E-state index in [1.165, 1.54) is 19.3 Å². The second-order valence-corrected chi connectivity index (χ2v) is 2.53. The molecule has 0 radical (unpaired) electrons. The Kier molecular flexibility index (Phi) is 8.57. The summed E-state index contributed by atoms with van der Waals surface area (Å²) in [6.45, 7) is 5.71. The van der Waals surface area contributed by atoms with Crippen LogP contribution in [-0.2, 0) is 0 Å². The summed E-state index contributed by atoms with van der Waals surface area (Å²) in [6.07, 6.45) is 15.3. The molecule has 0 saturated carbocycles. The summed E-state index contributed by atoms with van der Waals surface area (Å²) in [4.78, 5) is 0. The number of rotatable bonds is 6. The van der Waals surface area contributed by atoms with Crippen LogP contribution in [-0.4, -0.2) is 0 Å². The molecule has 0 saturated heterocycles. The van der Waals surface area contributed by atoms with Gasteiger partial charge < -0.3 is 0 Å². The van der Waals surface area contributed by atoms with E-state index in [4.69, 9.17) is 0 Å². The largest absolute Gasteiger partial charge is 0.103 e. The Morgan fingerprint density at radius 3 is 2.45 bits per heavy atom. The number of hydrogen-bond donors (Lipinski definition) is 0. The molecule has 11 heavy (non-hydrogen) atoms. The second-order valence-electron chi connectivity index (χ2n) is 2.53. The highest BCUT2D eigenvalue weighted by Gasteiger charge is 1.80. The third-order valence-electron chi connectivity index (χ3n) is 1.47. The number of hydrogen-bond acceptors (Lipinski definition) is 0. The van der Waals surface area contributed by atoms with Gasteiger partial charge in [-0.15, -0.1) is 6.58 Å². The number of allylic oxidation sites excluding steroid dienone is 5. The van der Waals surface area contributed by atoms with Crippen molar-refractivity contribution in [1.29, 1.82) is 0 Å². The van der Waals surface area contributed by atoms with Gasteiger partial charge in [-0.3, -0.25) is 0 Å². The van der Waals surface area contributed by atoms with Crippen LogP contribution in [0.2, 0.25) is 0 Å². The van der Waals surface area contributed by atoms with Gasteiger partial charge in [-0.25, -0.2) is 0 Å². The van der Waals surface area contributed by atoms with Gasteiger partial charge in [-0.05, 0) is 32.6 Å². The third-order valence-corrected chi connectivity index (χ3v) is 1.47. The van der Waals surface area contributed by atoms with E-state index >= 15 is 0 Å². The first-order chi connectivity index (χ1) is 5.41. The normalized spacial score (nSPS) is 11.4. The lowest BCUT2D eigenvalue weighted by atomic mass is 10.2. The van der Waals surface area contributed by atoms with E-state index < -0.39 is 0 Å². The topological polar surface area (TPSA) is 0 Å². The van der Waals surface area contributed by atoms with Crippen LogP contribution in [0, 0.1) is 0 Å². The molecule has 0 amide bonds. The van der Waals surface area contributed by atoms with Gasteiger partial charge in [0.25, 0.3) is 0 Å². The Morgan fingerprint density at radius 2 is 1.82 bits per heavy atom. The van der Waals surface area contributed by atoms with Gasteiger partial charge in [-0.1, -0.05) is 30.4 Å². The molecule has 0 heteroatoms. The van der Waals surface area contributed by atoms with Crippen LogP contribution in [0.3, 0.4) is 0 Å². The molecule has 0 aromatic heterocycles. The highest BCUT2D eigenvalue weighted by Crippen LogP contribution is 2.00. The Balaban J connectivity index is 3.06. The average Bonchev–Trinajstić information content (AvgIpc) is 2.03. The van der Waals surface area contributed by atoms with Gasteiger partial charge in [0.2, 0.25) is 0 Å². The minimum absolute atomic E-state index is 1.15.